The molecule has 0 atom stereocenters. The number of aromatic nitrogens is 2. The maximum atomic E-state index is 12.5. The molecule has 3 aromatic rings. The zero-order valence-electron chi connectivity index (χ0n) is 19.8. The summed E-state index contributed by atoms with van der Waals surface area (Å²) in [6.45, 7) is 6.56. The number of hydrogen-bond donors (Lipinski definition) is 1. The second-order valence-electron chi connectivity index (χ2n) is 7.46. The second kappa shape index (κ2) is 12.2. The number of nitrogens with zero attached hydrogens (tertiary/aromatic N) is 3. The zero-order valence-corrected chi connectivity index (χ0v) is 21.4. The Morgan fingerprint density at radius 3 is 2.60 bits per heavy atom. The van der Waals surface area contributed by atoms with E-state index in [9.17, 15) is 10.1 Å². The minimum Gasteiger partial charge on any atom is -0.493 e. The summed E-state index contributed by atoms with van der Waals surface area (Å²) in [4.78, 5) is 12.5. The summed E-state index contributed by atoms with van der Waals surface area (Å²) in [6, 6.07) is 11.0. The molecule has 1 amide bonds. The third kappa shape index (κ3) is 6.94. The molecule has 0 spiro atoms. The van der Waals surface area contributed by atoms with Crippen molar-refractivity contribution in [3.8, 4) is 23.3 Å². The van der Waals surface area contributed by atoms with Gasteiger partial charge in [-0.3, -0.25) is 10.1 Å². The summed E-state index contributed by atoms with van der Waals surface area (Å²) < 4.78 is 17.0. The van der Waals surface area contributed by atoms with E-state index in [1.165, 1.54) is 30.1 Å². The molecule has 35 heavy (non-hydrogen) atoms. The fourth-order valence-corrected chi connectivity index (χ4v) is 3.95. The van der Waals surface area contributed by atoms with E-state index in [1.54, 1.807) is 12.1 Å². The first-order chi connectivity index (χ1) is 16.8. The van der Waals surface area contributed by atoms with E-state index >= 15 is 0 Å². The summed E-state index contributed by atoms with van der Waals surface area (Å²) in [5.74, 6) is 0.880. The lowest BCUT2D eigenvalue weighted by molar-refractivity contribution is -0.112. The molecule has 1 N–H and O–H groups in total. The number of carbonyl (C=O) groups excluding carboxylic acids is 1. The van der Waals surface area contributed by atoms with Crippen molar-refractivity contribution < 1.29 is 19.0 Å². The molecule has 0 aliphatic rings. The highest BCUT2D eigenvalue weighted by molar-refractivity contribution is 7.15. The molecule has 182 valence electrons. The number of halogens is 1. The van der Waals surface area contributed by atoms with Crippen LogP contribution in [0.4, 0.5) is 5.13 Å². The molecule has 1 aromatic heterocycles. The largest absolute Gasteiger partial charge is 0.493 e. The van der Waals surface area contributed by atoms with Gasteiger partial charge < -0.3 is 14.2 Å². The Bertz CT molecular complexity index is 1280. The number of carbonyl (C=O) groups is 1. The van der Waals surface area contributed by atoms with Crippen molar-refractivity contribution in [2.24, 2.45) is 0 Å². The molecule has 0 saturated carbocycles. The summed E-state index contributed by atoms with van der Waals surface area (Å²) in [6.07, 6.45) is 2.12. The van der Waals surface area contributed by atoms with Gasteiger partial charge in [0.25, 0.3) is 5.91 Å². The molecule has 0 saturated heterocycles. The van der Waals surface area contributed by atoms with Gasteiger partial charge in [-0.25, -0.2) is 0 Å². The average Bonchev–Trinajstić information content (AvgIpc) is 3.30. The Morgan fingerprint density at radius 1 is 1.17 bits per heavy atom. The summed E-state index contributed by atoms with van der Waals surface area (Å²) >= 11 is 7.68. The number of hydrogen-bond acceptors (Lipinski definition) is 8. The lowest BCUT2D eigenvalue weighted by Crippen LogP contribution is -2.13. The van der Waals surface area contributed by atoms with Crippen LogP contribution in [0.1, 0.15) is 28.6 Å². The van der Waals surface area contributed by atoms with Crippen LogP contribution in [0.3, 0.4) is 0 Å². The molecule has 2 aromatic carbocycles. The highest BCUT2D eigenvalue weighted by Gasteiger charge is 2.16. The Labute approximate surface area is 213 Å². The molecule has 3 rings (SSSR count). The second-order valence-corrected chi connectivity index (χ2v) is 8.92. The van der Waals surface area contributed by atoms with Gasteiger partial charge in [0.05, 0.1) is 12.1 Å². The van der Waals surface area contributed by atoms with E-state index in [1.807, 2.05) is 45.0 Å². The highest BCUT2D eigenvalue weighted by Crippen LogP contribution is 2.37. The third-order valence-corrected chi connectivity index (χ3v) is 6.26. The van der Waals surface area contributed by atoms with Gasteiger partial charge in [-0.1, -0.05) is 35.9 Å². The molecular formula is C25H25ClN4O4S. The monoisotopic (exact) mass is 512 g/mol. The van der Waals surface area contributed by atoms with Crippen molar-refractivity contribution in [3.63, 3.8) is 0 Å². The zero-order chi connectivity index (χ0) is 25.4. The van der Waals surface area contributed by atoms with E-state index in [-0.39, 0.29) is 17.2 Å². The molecule has 8 nitrogen and oxygen atoms in total. The van der Waals surface area contributed by atoms with Gasteiger partial charge in [0.15, 0.2) is 11.5 Å². The predicted molar refractivity (Wildman–Crippen MR) is 136 cm³/mol. The number of methoxy groups -OCH3 is 1. The molecule has 1 heterocycles. The standard InChI is InChI=1S/C25H25ClN4O4S/c1-5-22-29-30-25(35-22)28-24(31)18(14-27)11-17-12-20(26)23(21(13-17)32-4)34-9-8-33-19-7-6-15(2)16(3)10-19/h6-7,10-13H,5,8-9H2,1-4H3,(H,28,30,31)/b18-11-. The van der Waals surface area contributed by atoms with Crippen molar-refractivity contribution in [1.82, 2.24) is 10.2 Å². The van der Waals surface area contributed by atoms with Gasteiger partial charge in [-0.2, -0.15) is 5.26 Å². The van der Waals surface area contributed by atoms with E-state index < -0.39 is 5.91 Å². The molecule has 0 radical (unpaired) electrons. The van der Waals surface area contributed by atoms with Crippen molar-refractivity contribution in [2.75, 3.05) is 25.6 Å². The van der Waals surface area contributed by atoms with Crippen LogP contribution in [-0.2, 0) is 11.2 Å². The molecule has 0 aliphatic carbocycles. The Hall–Kier alpha value is -3.61. The van der Waals surface area contributed by atoms with Crippen LogP contribution in [0.2, 0.25) is 5.02 Å². The van der Waals surface area contributed by atoms with Crippen molar-refractivity contribution in [2.45, 2.75) is 27.2 Å². The molecule has 0 bridgehead atoms. The minimum atomic E-state index is -0.592. The van der Waals surface area contributed by atoms with E-state index in [2.05, 4.69) is 15.5 Å². The van der Waals surface area contributed by atoms with Crippen LogP contribution in [0.25, 0.3) is 6.08 Å². The molecule has 10 heteroatoms. The predicted octanol–water partition coefficient (Wildman–Crippen LogP) is 5.38. The van der Waals surface area contributed by atoms with Gasteiger partial charge >= 0.3 is 0 Å². The summed E-state index contributed by atoms with van der Waals surface area (Å²) in [7, 11) is 1.48. The fourth-order valence-electron chi connectivity index (χ4n) is 3.00. The van der Waals surface area contributed by atoms with E-state index in [0.717, 1.165) is 16.3 Å². The molecule has 0 unspecified atom stereocenters. The topological polar surface area (TPSA) is 106 Å². The van der Waals surface area contributed by atoms with Crippen molar-refractivity contribution >= 4 is 40.1 Å². The maximum Gasteiger partial charge on any atom is 0.268 e. The van der Waals surface area contributed by atoms with Gasteiger partial charge in [0.2, 0.25) is 5.13 Å². The number of ether oxygens (including phenoxy) is 3. The molecule has 0 fully saturated rings. The minimum absolute atomic E-state index is 0.119. The summed E-state index contributed by atoms with van der Waals surface area (Å²) in [5.41, 5.74) is 2.73. The van der Waals surface area contributed by atoms with Gasteiger partial charge in [0, 0.05) is 0 Å². The Balaban J connectivity index is 1.68. The normalized spacial score (nSPS) is 11.0. The van der Waals surface area contributed by atoms with Crippen LogP contribution in [-0.4, -0.2) is 36.4 Å². The average molecular weight is 513 g/mol. The van der Waals surface area contributed by atoms with Gasteiger partial charge in [-0.05, 0) is 67.3 Å². The van der Waals surface area contributed by atoms with Crippen molar-refractivity contribution in [3.05, 3.63) is 62.6 Å². The first-order valence-electron chi connectivity index (χ1n) is 10.8. The SMILES string of the molecule is CCc1nnc(NC(=O)/C(C#N)=C\c2cc(Cl)c(OCCOc3ccc(C)c(C)c3)c(OC)c2)s1. The molecule has 0 aliphatic heterocycles. The number of aryl methyl sites for hydroxylation is 3. The summed E-state index contributed by atoms with van der Waals surface area (Å²) in [5, 5.41) is 21.3. The number of nitriles is 1. The van der Waals surface area contributed by atoms with Crippen LogP contribution in [0.5, 0.6) is 17.2 Å². The number of nitrogens with one attached hydrogen (secondary N) is 1. The third-order valence-electron chi connectivity index (χ3n) is 4.99. The molecular weight excluding hydrogens is 488 g/mol. The number of benzene rings is 2. The van der Waals surface area contributed by atoms with Crippen LogP contribution in [0.15, 0.2) is 35.9 Å². The van der Waals surface area contributed by atoms with Gasteiger partial charge in [-0.15, -0.1) is 10.2 Å². The van der Waals surface area contributed by atoms with Crippen molar-refractivity contribution in [1.29, 1.82) is 5.26 Å². The van der Waals surface area contributed by atoms with Crippen LogP contribution >= 0.6 is 22.9 Å². The Morgan fingerprint density at radius 2 is 1.94 bits per heavy atom. The number of anilines is 1. The fraction of sp³-hybridized carbons (Fsp3) is 0.280. The van der Waals surface area contributed by atoms with E-state index in [0.29, 0.717) is 35.2 Å². The quantitative estimate of drug-likeness (QED) is 0.221. The first kappa shape index (κ1) is 26.0. The lowest BCUT2D eigenvalue weighted by atomic mass is 10.1. The lowest BCUT2D eigenvalue weighted by Gasteiger charge is -2.14. The smallest absolute Gasteiger partial charge is 0.268 e. The number of rotatable bonds is 10. The maximum absolute atomic E-state index is 12.5. The Kier molecular flexibility index (Phi) is 9.06. The van der Waals surface area contributed by atoms with E-state index in [4.69, 9.17) is 25.8 Å². The number of amides is 1. The van der Waals surface area contributed by atoms with Crippen LogP contribution < -0.4 is 19.5 Å². The van der Waals surface area contributed by atoms with Gasteiger partial charge in [0.1, 0.15) is 35.6 Å². The first-order valence-corrected chi connectivity index (χ1v) is 12.0. The highest BCUT2D eigenvalue weighted by atomic mass is 35.5. The van der Waals surface area contributed by atoms with Crippen LogP contribution in [0, 0.1) is 25.2 Å².